The Kier molecular flexibility index (Phi) is 5.31. The number of nitrogens with zero attached hydrogens (tertiary/aromatic N) is 1. The maximum Gasteiger partial charge on any atom is 0.344 e. The van der Waals surface area contributed by atoms with Gasteiger partial charge in [0.2, 0.25) is 5.91 Å². The molecule has 0 saturated carbocycles. The molecule has 2 aliphatic heterocycles. The van der Waals surface area contributed by atoms with Crippen LogP contribution in [-0.4, -0.2) is 35.0 Å². The van der Waals surface area contributed by atoms with Gasteiger partial charge in [-0.2, -0.15) is 0 Å². The number of esters is 1. The molecule has 2 aromatic carbocycles. The van der Waals surface area contributed by atoms with E-state index in [-0.39, 0.29) is 12.3 Å². The SMILES string of the molecule is CSc1ccccc1NC(=O)[C@H](C)OC(=O)[C@@]12CCC(=O)N1c1ccccc1S2. The Morgan fingerprint density at radius 1 is 1.21 bits per heavy atom. The minimum atomic E-state index is -1.13. The van der Waals surface area contributed by atoms with E-state index < -0.39 is 22.9 Å². The third kappa shape index (κ3) is 3.40. The molecule has 0 aromatic heterocycles. The quantitative estimate of drug-likeness (QED) is 0.575. The first-order chi connectivity index (χ1) is 14.0. The smallest absolute Gasteiger partial charge is 0.344 e. The predicted molar refractivity (Wildman–Crippen MR) is 114 cm³/mol. The van der Waals surface area contributed by atoms with E-state index in [0.717, 1.165) is 15.5 Å². The van der Waals surface area contributed by atoms with E-state index in [1.807, 2.05) is 48.7 Å². The highest BCUT2D eigenvalue weighted by molar-refractivity contribution is 8.02. The van der Waals surface area contributed by atoms with Crippen molar-refractivity contribution in [3.63, 3.8) is 0 Å². The van der Waals surface area contributed by atoms with E-state index in [9.17, 15) is 14.4 Å². The highest BCUT2D eigenvalue weighted by Gasteiger charge is 2.58. The first-order valence-corrected chi connectivity index (χ1v) is 11.3. The Hall–Kier alpha value is -2.45. The number of ether oxygens (including phenoxy) is 1. The zero-order valence-electron chi connectivity index (χ0n) is 16.0. The van der Waals surface area contributed by atoms with E-state index in [4.69, 9.17) is 4.74 Å². The van der Waals surface area contributed by atoms with Crippen molar-refractivity contribution in [2.24, 2.45) is 0 Å². The van der Waals surface area contributed by atoms with Crippen molar-refractivity contribution in [3.8, 4) is 0 Å². The Balaban J connectivity index is 1.50. The van der Waals surface area contributed by atoms with Gasteiger partial charge in [0.15, 0.2) is 11.0 Å². The fourth-order valence-electron chi connectivity index (χ4n) is 3.56. The van der Waals surface area contributed by atoms with E-state index in [1.54, 1.807) is 13.0 Å². The number of amides is 2. The maximum atomic E-state index is 13.1. The molecule has 1 fully saturated rings. The molecule has 0 spiro atoms. The summed E-state index contributed by atoms with van der Waals surface area (Å²) in [6.07, 6.45) is 1.56. The first kappa shape index (κ1) is 19.8. The van der Waals surface area contributed by atoms with Gasteiger partial charge in [0.05, 0.1) is 11.4 Å². The normalized spacial score (nSPS) is 20.8. The van der Waals surface area contributed by atoms with Gasteiger partial charge in [-0.1, -0.05) is 36.0 Å². The molecule has 150 valence electrons. The average Bonchev–Trinajstić information content (AvgIpc) is 3.24. The second-order valence-electron chi connectivity index (χ2n) is 6.82. The van der Waals surface area contributed by atoms with Gasteiger partial charge < -0.3 is 10.1 Å². The lowest BCUT2D eigenvalue weighted by molar-refractivity contribution is -0.155. The summed E-state index contributed by atoms with van der Waals surface area (Å²) in [6, 6.07) is 14.9. The van der Waals surface area contributed by atoms with Crippen LogP contribution in [0.25, 0.3) is 0 Å². The summed E-state index contributed by atoms with van der Waals surface area (Å²) < 4.78 is 5.55. The van der Waals surface area contributed by atoms with Crippen molar-refractivity contribution in [3.05, 3.63) is 48.5 Å². The molecule has 0 aliphatic carbocycles. The lowest BCUT2D eigenvalue weighted by Gasteiger charge is -2.29. The molecule has 0 bridgehead atoms. The summed E-state index contributed by atoms with van der Waals surface area (Å²) in [7, 11) is 0. The number of benzene rings is 2. The van der Waals surface area contributed by atoms with Crippen molar-refractivity contribution >= 4 is 52.7 Å². The molecule has 0 unspecified atom stereocenters. The van der Waals surface area contributed by atoms with Crippen molar-refractivity contribution < 1.29 is 19.1 Å². The molecule has 1 saturated heterocycles. The molecule has 2 atom stereocenters. The minimum Gasteiger partial charge on any atom is -0.450 e. The summed E-state index contributed by atoms with van der Waals surface area (Å²) in [6.45, 7) is 1.54. The zero-order chi connectivity index (χ0) is 20.6. The molecule has 2 aromatic rings. The van der Waals surface area contributed by atoms with Crippen LogP contribution in [0.1, 0.15) is 19.8 Å². The largest absolute Gasteiger partial charge is 0.450 e. The molecular formula is C21H20N2O4S2. The fraction of sp³-hybridized carbons (Fsp3) is 0.286. The number of carbonyl (C=O) groups excluding carboxylic acids is 3. The predicted octanol–water partition coefficient (Wildman–Crippen LogP) is 3.91. The van der Waals surface area contributed by atoms with Crippen LogP contribution in [0, 0.1) is 0 Å². The molecule has 2 aliphatic rings. The van der Waals surface area contributed by atoms with Gasteiger partial charge in [0.25, 0.3) is 5.91 Å². The molecule has 2 amide bonds. The van der Waals surface area contributed by atoms with Gasteiger partial charge in [-0.05, 0) is 37.4 Å². The maximum absolute atomic E-state index is 13.1. The van der Waals surface area contributed by atoms with Crippen molar-refractivity contribution in [2.45, 2.75) is 40.5 Å². The molecule has 1 N–H and O–H groups in total. The number of para-hydroxylation sites is 2. The summed E-state index contributed by atoms with van der Waals surface area (Å²) in [5.41, 5.74) is 1.40. The lowest BCUT2D eigenvalue weighted by atomic mass is 10.2. The first-order valence-electron chi connectivity index (χ1n) is 9.22. The Labute approximate surface area is 177 Å². The molecule has 4 rings (SSSR count). The third-order valence-electron chi connectivity index (χ3n) is 5.01. The number of thioether (sulfide) groups is 2. The highest BCUT2D eigenvalue weighted by atomic mass is 32.2. The van der Waals surface area contributed by atoms with Crippen LogP contribution in [0.4, 0.5) is 11.4 Å². The van der Waals surface area contributed by atoms with Crippen LogP contribution >= 0.6 is 23.5 Å². The van der Waals surface area contributed by atoms with Crippen LogP contribution in [0.3, 0.4) is 0 Å². The number of carbonyl (C=O) groups is 3. The zero-order valence-corrected chi connectivity index (χ0v) is 17.6. The number of rotatable bonds is 5. The second kappa shape index (κ2) is 7.76. The van der Waals surface area contributed by atoms with Gasteiger partial charge in [0, 0.05) is 22.6 Å². The van der Waals surface area contributed by atoms with Gasteiger partial charge in [-0.15, -0.1) is 11.8 Å². The van der Waals surface area contributed by atoms with Crippen LogP contribution in [0.2, 0.25) is 0 Å². The summed E-state index contributed by atoms with van der Waals surface area (Å²) in [4.78, 5) is 40.4. The van der Waals surface area contributed by atoms with Crippen LogP contribution in [0.15, 0.2) is 58.3 Å². The number of nitrogens with one attached hydrogen (secondary N) is 1. The average molecular weight is 429 g/mol. The standard InChI is InChI=1S/C21H20N2O4S2/c1-13(19(25)22-14-7-3-5-9-16(14)28-2)27-20(26)21-12-11-18(24)23(21)15-8-4-6-10-17(15)29-21/h3-10,13H,11-12H2,1-2H3,(H,22,25)/t13-,21-/m0/s1. The number of hydrogen-bond acceptors (Lipinski definition) is 6. The molecule has 6 nitrogen and oxygen atoms in total. The molecule has 0 radical (unpaired) electrons. The Morgan fingerprint density at radius 3 is 2.72 bits per heavy atom. The monoisotopic (exact) mass is 428 g/mol. The van der Waals surface area contributed by atoms with Gasteiger partial charge >= 0.3 is 5.97 Å². The minimum absolute atomic E-state index is 0.106. The number of anilines is 2. The summed E-state index contributed by atoms with van der Waals surface area (Å²) in [5, 5.41) is 2.82. The third-order valence-corrected chi connectivity index (χ3v) is 7.26. The van der Waals surface area contributed by atoms with E-state index >= 15 is 0 Å². The lowest BCUT2D eigenvalue weighted by Crippen LogP contribution is -2.49. The van der Waals surface area contributed by atoms with Crippen molar-refractivity contribution in [2.75, 3.05) is 16.5 Å². The van der Waals surface area contributed by atoms with Crippen molar-refractivity contribution in [1.82, 2.24) is 0 Å². The molecule has 29 heavy (non-hydrogen) atoms. The van der Waals surface area contributed by atoms with Gasteiger partial charge in [-0.3, -0.25) is 14.5 Å². The van der Waals surface area contributed by atoms with Gasteiger partial charge in [0.1, 0.15) is 0 Å². The molecular weight excluding hydrogens is 408 g/mol. The van der Waals surface area contributed by atoms with Crippen molar-refractivity contribution in [1.29, 1.82) is 0 Å². The summed E-state index contributed by atoms with van der Waals surface area (Å²) >= 11 is 2.84. The van der Waals surface area contributed by atoms with E-state index in [1.165, 1.54) is 28.4 Å². The highest BCUT2D eigenvalue weighted by Crippen LogP contribution is 2.56. The second-order valence-corrected chi connectivity index (χ2v) is 8.99. The van der Waals surface area contributed by atoms with Gasteiger partial charge in [-0.25, -0.2) is 4.79 Å². The number of fused-ring (bicyclic) bond motifs is 3. The topological polar surface area (TPSA) is 75.7 Å². The Morgan fingerprint density at radius 2 is 1.93 bits per heavy atom. The van der Waals surface area contributed by atoms with E-state index in [2.05, 4.69) is 5.32 Å². The van der Waals surface area contributed by atoms with E-state index in [0.29, 0.717) is 12.1 Å². The summed E-state index contributed by atoms with van der Waals surface area (Å²) in [5.74, 6) is -1.08. The van der Waals surface area contributed by atoms with Crippen LogP contribution in [-0.2, 0) is 19.1 Å². The number of hydrogen-bond donors (Lipinski definition) is 1. The molecule has 2 heterocycles. The Bertz CT molecular complexity index is 996. The van der Waals surface area contributed by atoms with Crippen LogP contribution in [0.5, 0.6) is 0 Å². The molecule has 8 heteroatoms. The van der Waals surface area contributed by atoms with Crippen LogP contribution < -0.4 is 10.2 Å². The fourth-order valence-corrected chi connectivity index (χ4v) is 5.52.